The number of esters is 1. The Hall–Kier alpha value is -2.46. The second-order valence-electron chi connectivity index (χ2n) is 5.44. The van der Waals surface area contributed by atoms with Crippen LogP contribution < -0.4 is 0 Å². The van der Waals surface area contributed by atoms with Crippen molar-refractivity contribution in [1.29, 1.82) is 0 Å². The summed E-state index contributed by atoms with van der Waals surface area (Å²) in [5.74, 6) is -2.17. The summed E-state index contributed by atoms with van der Waals surface area (Å²) in [6, 6.07) is 17.4. The summed E-state index contributed by atoms with van der Waals surface area (Å²) in [4.78, 5) is 25.1. The van der Waals surface area contributed by atoms with E-state index in [0.717, 1.165) is 0 Å². The first-order valence-corrected chi connectivity index (χ1v) is 7.52. The standard InChI is InChI=1S/C19H20O4/c1-3-23-18(21)19(2,22)16(14-10-6-4-7-11-14)17(20)15-12-8-5-9-13-15/h4-13,16,22H,3H2,1-2H3. The van der Waals surface area contributed by atoms with E-state index in [9.17, 15) is 14.7 Å². The van der Waals surface area contributed by atoms with E-state index in [0.29, 0.717) is 11.1 Å². The van der Waals surface area contributed by atoms with E-state index in [-0.39, 0.29) is 12.4 Å². The molecule has 4 heteroatoms. The summed E-state index contributed by atoms with van der Waals surface area (Å²) in [6.07, 6.45) is 0. The molecule has 0 heterocycles. The number of ether oxygens (including phenoxy) is 1. The Balaban J connectivity index is 2.49. The molecule has 2 aromatic carbocycles. The molecule has 0 radical (unpaired) electrons. The van der Waals surface area contributed by atoms with Crippen LogP contribution >= 0.6 is 0 Å². The lowest BCUT2D eigenvalue weighted by molar-refractivity contribution is -0.164. The Morgan fingerprint density at radius 1 is 1.04 bits per heavy atom. The van der Waals surface area contributed by atoms with E-state index in [4.69, 9.17) is 4.74 Å². The molecule has 0 aliphatic carbocycles. The molecule has 0 aliphatic rings. The molecule has 0 saturated heterocycles. The number of aliphatic hydroxyl groups is 1. The molecule has 0 amide bonds. The molecular weight excluding hydrogens is 292 g/mol. The highest BCUT2D eigenvalue weighted by Crippen LogP contribution is 2.33. The fraction of sp³-hybridized carbons (Fsp3) is 0.263. The van der Waals surface area contributed by atoms with E-state index >= 15 is 0 Å². The number of rotatable bonds is 6. The second kappa shape index (κ2) is 7.20. The van der Waals surface area contributed by atoms with Crippen LogP contribution in [0.2, 0.25) is 0 Å². The fourth-order valence-corrected chi connectivity index (χ4v) is 2.54. The minimum Gasteiger partial charge on any atom is -0.464 e. The van der Waals surface area contributed by atoms with Gasteiger partial charge in [0, 0.05) is 5.56 Å². The van der Waals surface area contributed by atoms with Crippen LogP contribution in [-0.2, 0) is 9.53 Å². The van der Waals surface area contributed by atoms with E-state index in [1.165, 1.54) is 6.92 Å². The molecule has 1 N–H and O–H groups in total. The first-order valence-electron chi connectivity index (χ1n) is 7.52. The zero-order valence-corrected chi connectivity index (χ0v) is 13.2. The number of hydrogen-bond donors (Lipinski definition) is 1. The first-order chi connectivity index (χ1) is 11.0. The van der Waals surface area contributed by atoms with Crippen LogP contribution in [0.15, 0.2) is 60.7 Å². The van der Waals surface area contributed by atoms with E-state index in [1.807, 2.05) is 6.07 Å². The van der Waals surface area contributed by atoms with Gasteiger partial charge < -0.3 is 9.84 Å². The molecule has 23 heavy (non-hydrogen) atoms. The lowest BCUT2D eigenvalue weighted by Gasteiger charge is -2.30. The maximum atomic E-state index is 12.9. The van der Waals surface area contributed by atoms with Crippen LogP contribution in [0.25, 0.3) is 0 Å². The van der Waals surface area contributed by atoms with Gasteiger partial charge in [0.25, 0.3) is 0 Å². The van der Waals surface area contributed by atoms with Gasteiger partial charge in [-0.2, -0.15) is 0 Å². The average Bonchev–Trinajstić information content (AvgIpc) is 2.56. The predicted octanol–water partition coefficient (Wildman–Crippen LogP) is 2.97. The number of hydrogen-bond acceptors (Lipinski definition) is 4. The van der Waals surface area contributed by atoms with Gasteiger partial charge in [0.15, 0.2) is 11.4 Å². The molecule has 0 aromatic heterocycles. The third kappa shape index (κ3) is 3.66. The van der Waals surface area contributed by atoms with Gasteiger partial charge in [0.2, 0.25) is 0 Å². The Morgan fingerprint density at radius 3 is 2.09 bits per heavy atom. The van der Waals surface area contributed by atoms with Gasteiger partial charge in [-0.1, -0.05) is 60.7 Å². The maximum absolute atomic E-state index is 12.9. The highest BCUT2D eigenvalue weighted by molar-refractivity contribution is 6.05. The van der Waals surface area contributed by atoms with Crippen molar-refractivity contribution < 1.29 is 19.4 Å². The molecule has 2 atom stereocenters. The monoisotopic (exact) mass is 312 g/mol. The van der Waals surface area contributed by atoms with Crippen molar-refractivity contribution in [3.8, 4) is 0 Å². The van der Waals surface area contributed by atoms with Crippen molar-refractivity contribution in [2.45, 2.75) is 25.4 Å². The summed E-state index contributed by atoms with van der Waals surface area (Å²) in [5.41, 5.74) is -0.949. The fourth-order valence-electron chi connectivity index (χ4n) is 2.54. The lowest BCUT2D eigenvalue weighted by Crippen LogP contribution is -2.46. The quantitative estimate of drug-likeness (QED) is 0.658. The van der Waals surface area contributed by atoms with Gasteiger partial charge in [0.05, 0.1) is 12.5 Å². The molecule has 0 fully saturated rings. The average molecular weight is 312 g/mol. The molecule has 0 spiro atoms. The minimum atomic E-state index is -1.95. The van der Waals surface area contributed by atoms with Crippen LogP contribution in [0.1, 0.15) is 35.7 Å². The van der Waals surface area contributed by atoms with E-state index in [1.54, 1.807) is 61.5 Å². The highest BCUT2D eigenvalue weighted by atomic mass is 16.5. The minimum absolute atomic E-state index is 0.135. The highest BCUT2D eigenvalue weighted by Gasteiger charge is 2.46. The van der Waals surface area contributed by atoms with E-state index in [2.05, 4.69) is 0 Å². The SMILES string of the molecule is CCOC(=O)C(C)(O)C(C(=O)c1ccccc1)c1ccccc1. The van der Waals surface area contributed by atoms with Crippen molar-refractivity contribution >= 4 is 11.8 Å². The molecule has 2 aromatic rings. The third-order valence-electron chi connectivity index (χ3n) is 3.70. The molecule has 2 rings (SSSR count). The van der Waals surface area contributed by atoms with Crippen LogP contribution in [0.5, 0.6) is 0 Å². The summed E-state index contributed by atoms with van der Waals surface area (Å²) in [6.45, 7) is 3.12. The van der Waals surface area contributed by atoms with Crippen molar-refractivity contribution in [2.75, 3.05) is 6.61 Å². The largest absolute Gasteiger partial charge is 0.464 e. The molecule has 4 nitrogen and oxygen atoms in total. The number of ketones is 1. The molecule has 2 unspecified atom stereocenters. The van der Waals surface area contributed by atoms with Gasteiger partial charge in [0.1, 0.15) is 0 Å². The van der Waals surface area contributed by atoms with Gasteiger partial charge in [-0.15, -0.1) is 0 Å². The van der Waals surface area contributed by atoms with Crippen molar-refractivity contribution in [3.63, 3.8) is 0 Å². The van der Waals surface area contributed by atoms with Crippen molar-refractivity contribution in [3.05, 3.63) is 71.8 Å². The van der Waals surface area contributed by atoms with Crippen molar-refractivity contribution in [2.24, 2.45) is 0 Å². The Labute approximate surface area is 135 Å². The van der Waals surface area contributed by atoms with Gasteiger partial charge >= 0.3 is 5.97 Å². The second-order valence-corrected chi connectivity index (χ2v) is 5.44. The molecular formula is C19H20O4. The summed E-state index contributed by atoms with van der Waals surface area (Å²) >= 11 is 0. The lowest BCUT2D eigenvalue weighted by atomic mass is 9.78. The number of carbonyl (C=O) groups is 2. The number of Topliss-reactive ketones (excluding diaryl/α,β-unsaturated/α-hetero) is 1. The zero-order chi connectivity index (χ0) is 16.9. The van der Waals surface area contributed by atoms with E-state index < -0.39 is 17.5 Å². The summed E-state index contributed by atoms with van der Waals surface area (Å²) in [5, 5.41) is 10.8. The predicted molar refractivity (Wildman–Crippen MR) is 87.2 cm³/mol. The summed E-state index contributed by atoms with van der Waals surface area (Å²) in [7, 11) is 0. The Bertz CT molecular complexity index is 662. The summed E-state index contributed by atoms with van der Waals surface area (Å²) < 4.78 is 4.95. The molecule has 0 aliphatic heterocycles. The number of benzene rings is 2. The Kier molecular flexibility index (Phi) is 5.29. The zero-order valence-electron chi connectivity index (χ0n) is 13.2. The molecule has 0 saturated carbocycles. The Morgan fingerprint density at radius 2 is 1.57 bits per heavy atom. The van der Waals surface area contributed by atoms with Gasteiger partial charge in [-0.25, -0.2) is 4.79 Å². The van der Waals surface area contributed by atoms with Crippen LogP contribution in [-0.4, -0.2) is 29.1 Å². The topological polar surface area (TPSA) is 63.6 Å². The third-order valence-corrected chi connectivity index (χ3v) is 3.70. The van der Waals surface area contributed by atoms with Gasteiger partial charge in [-0.3, -0.25) is 4.79 Å². The molecule has 120 valence electrons. The normalized spacial score (nSPS) is 14.6. The smallest absolute Gasteiger partial charge is 0.338 e. The first kappa shape index (κ1) is 16.9. The number of carbonyl (C=O) groups excluding carboxylic acids is 2. The van der Waals surface area contributed by atoms with Gasteiger partial charge in [-0.05, 0) is 19.4 Å². The van der Waals surface area contributed by atoms with Crippen LogP contribution in [0, 0.1) is 0 Å². The molecule has 0 bridgehead atoms. The maximum Gasteiger partial charge on any atom is 0.338 e. The van der Waals surface area contributed by atoms with Crippen molar-refractivity contribution in [1.82, 2.24) is 0 Å². The van der Waals surface area contributed by atoms with Crippen LogP contribution in [0.3, 0.4) is 0 Å². The van der Waals surface area contributed by atoms with Crippen LogP contribution in [0.4, 0.5) is 0 Å².